The molecule has 5 nitrogen and oxygen atoms in total. The number of fused-ring (bicyclic) bond motifs is 5. The molecule has 4 bridgehead atoms. The van der Waals surface area contributed by atoms with Crippen LogP contribution in [0.4, 0.5) is 11.6 Å². The number of aromatic nitrogens is 3. The Labute approximate surface area is 142 Å². The molecule has 2 aliphatic carbocycles. The van der Waals surface area contributed by atoms with Gasteiger partial charge in [0.25, 0.3) is 0 Å². The van der Waals surface area contributed by atoms with E-state index in [2.05, 4.69) is 14.8 Å². The minimum absolute atomic E-state index is 0.670. The van der Waals surface area contributed by atoms with Crippen LogP contribution in [0.3, 0.4) is 0 Å². The van der Waals surface area contributed by atoms with Crippen molar-refractivity contribution in [3.8, 4) is 0 Å². The summed E-state index contributed by atoms with van der Waals surface area (Å²) >= 11 is 0. The standard InChI is InChI=1S/C19H23N5/c1-2-16-17(20-7-1)22-19(24-11-13-4-6-15(24)9-13)18(21-16)23-10-12-3-5-14(23)8-12/h1-2,7,12-15H,3-6,8-11H2. The second kappa shape index (κ2) is 4.80. The smallest absolute Gasteiger partial charge is 0.180 e. The lowest BCUT2D eigenvalue weighted by Crippen LogP contribution is -2.38. The number of nitrogens with zero attached hydrogens (tertiary/aromatic N) is 5. The Morgan fingerprint density at radius 2 is 1.50 bits per heavy atom. The van der Waals surface area contributed by atoms with E-state index in [0.29, 0.717) is 12.1 Å². The molecule has 0 spiro atoms. The third-order valence-electron chi connectivity index (χ3n) is 6.77. The van der Waals surface area contributed by atoms with E-state index in [-0.39, 0.29) is 0 Å². The lowest BCUT2D eigenvalue weighted by Gasteiger charge is -2.34. The minimum atomic E-state index is 0.670. The van der Waals surface area contributed by atoms with Crippen molar-refractivity contribution in [1.29, 1.82) is 0 Å². The van der Waals surface area contributed by atoms with E-state index in [4.69, 9.17) is 9.97 Å². The third-order valence-corrected chi connectivity index (χ3v) is 6.77. The fraction of sp³-hybridized carbons (Fsp3) is 0.632. The zero-order valence-corrected chi connectivity index (χ0v) is 13.9. The first-order chi connectivity index (χ1) is 11.8. The van der Waals surface area contributed by atoms with Gasteiger partial charge in [-0.1, -0.05) is 0 Å². The van der Waals surface area contributed by atoms with Crippen molar-refractivity contribution in [3.63, 3.8) is 0 Å². The first-order valence-corrected chi connectivity index (χ1v) is 9.51. The first kappa shape index (κ1) is 13.4. The van der Waals surface area contributed by atoms with Crippen molar-refractivity contribution >= 4 is 22.8 Å². The maximum atomic E-state index is 5.06. The van der Waals surface area contributed by atoms with E-state index in [1.54, 1.807) is 0 Å². The zero-order valence-electron chi connectivity index (χ0n) is 13.9. The molecule has 0 N–H and O–H groups in total. The van der Waals surface area contributed by atoms with Crippen molar-refractivity contribution in [2.45, 2.75) is 50.6 Å². The van der Waals surface area contributed by atoms with Crippen LogP contribution in [0, 0.1) is 11.8 Å². The Balaban J connectivity index is 1.50. The summed E-state index contributed by atoms with van der Waals surface area (Å²) in [6.45, 7) is 2.33. The largest absolute Gasteiger partial charge is 0.350 e. The molecule has 124 valence electrons. The molecule has 2 saturated heterocycles. The molecule has 4 unspecified atom stereocenters. The average molecular weight is 321 g/mol. The van der Waals surface area contributed by atoms with Gasteiger partial charge in [0, 0.05) is 31.4 Å². The van der Waals surface area contributed by atoms with Crippen molar-refractivity contribution in [3.05, 3.63) is 18.3 Å². The van der Waals surface area contributed by atoms with Crippen molar-refractivity contribution in [2.75, 3.05) is 22.9 Å². The van der Waals surface area contributed by atoms with Gasteiger partial charge >= 0.3 is 0 Å². The fourth-order valence-electron chi connectivity index (χ4n) is 5.63. The lowest BCUT2D eigenvalue weighted by atomic mass is 10.1. The number of rotatable bonds is 2. The second-order valence-corrected chi connectivity index (χ2v) is 8.19. The Morgan fingerprint density at radius 1 is 0.833 bits per heavy atom. The monoisotopic (exact) mass is 321 g/mol. The maximum absolute atomic E-state index is 5.06. The Morgan fingerprint density at radius 3 is 2.08 bits per heavy atom. The van der Waals surface area contributed by atoms with Crippen LogP contribution in [0.5, 0.6) is 0 Å². The SMILES string of the molecule is c1cnc2nc(N3CC4CCC3C4)c(N3CC4CCC3C4)nc2c1. The Bertz CT molecular complexity index is 739. The molecule has 4 heterocycles. The average Bonchev–Trinajstić information content (AvgIpc) is 3.40. The van der Waals surface area contributed by atoms with Gasteiger partial charge in [0.2, 0.25) is 0 Å². The number of anilines is 2. The molecule has 2 saturated carbocycles. The van der Waals surface area contributed by atoms with E-state index in [1.165, 1.54) is 45.1 Å². The van der Waals surface area contributed by atoms with E-state index in [1.807, 2.05) is 18.3 Å². The zero-order chi connectivity index (χ0) is 15.7. The summed E-state index contributed by atoms with van der Waals surface area (Å²) < 4.78 is 0. The van der Waals surface area contributed by atoms with E-state index >= 15 is 0 Å². The van der Waals surface area contributed by atoms with Crippen molar-refractivity contribution < 1.29 is 0 Å². The van der Waals surface area contributed by atoms with E-state index in [0.717, 1.165) is 41.2 Å². The van der Waals surface area contributed by atoms with Crippen LogP contribution in [0.1, 0.15) is 38.5 Å². The molecule has 0 amide bonds. The normalized spacial score (nSPS) is 34.0. The second-order valence-electron chi connectivity index (χ2n) is 8.19. The number of pyridine rings is 1. The lowest BCUT2D eigenvalue weighted by molar-refractivity contribution is 0.539. The topological polar surface area (TPSA) is 45.2 Å². The summed E-state index contributed by atoms with van der Waals surface area (Å²) in [5.74, 6) is 3.97. The van der Waals surface area contributed by atoms with Gasteiger partial charge in [-0.05, 0) is 62.5 Å². The van der Waals surface area contributed by atoms with E-state index in [9.17, 15) is 0 Å². The molecule has 2 aromatic heterocycles. The summed E-state index contributed by atoms with van der Waals surface area (Å²) in [7, 11) is 0. The van der Waals surface area contributed by atoms with Crippen molar-refractivity contribution in [1.82, 2.24) is 15.0 Å². The fourth-order valence-corrected chi connectivity index (χ4v) is 5.63. The molecular weight excluding hydrogens is 298 g/mol. The van der Waals surface area contributed by atoms with Crippen LogP contribution in [0.25, 0.3) is 11.2 Å². The molecule has 4 aliphatic rings. The third kappa shape index (κ3) is 1.84. The number of hydrogen-bond acceptors (Lipinski definition) is 5. The molecule has 2 aliphatic heterocycles. The predicted octanol–water partition coefficient (Wildman–Crippen LogP) is 3.00. The number of piperidine rings is 2. The van der Waals surface area contributed by atoms with Crippen LogP contribution < -0.4 is 9.80 Å². The molecule has 6 rings (SSSR count). The molecule has 5 heteroatoms. The van der Waals surface area contributed by atoms with Gasteiger partial charge in [0.1, 0.15) is 5.52 Å². The summed E-state index contributed by atoms with van der Waals surface area (Å²) in [6, 6.07) is 5.36. The van der Waals surface area contributed by atoms with Crippen LogP contribution >= 0.6 is 0 Å². The molecule has 4 fully saturated rings. The molecule has 0 radical (unpaired) electrons. The van der Waals surface area contributed by atoms with Crippen LogP contribution in [-0.2, 0) is 0 Å². The molecule has 4 atom stereocenters. The summed E-state index contributed by atoms with van der Waals surface area (Å²) in [5, 5.41) is 0. The highest BCUT2D eigenvalue weighted by Crippen LogP contribution is 2.46. The predicted molar refractivity (Wildman–Crippen MR) is 94.3 cm³/mol. The highest BCUT2D eigenvalue weighted by molar-refractivity contribution is 5.78. The summed E-state index contributed by atoms with van der Waals surface area (Å²) in [6.07, 6.45) is 9.94. The molecule has 24 heavy (non-hydrogen) atoms. The van der Waals surface area contributed by atoms with Crippen LogP contribution in [0.2, 0.25) is 0 Å². The first-order valence-electron chi connectivity index (χ1n) is 9.51. The van der Waals surface area contributed by atoms with Gasteiger partial charge in [-0.25, -0.2) is 15.0 Å². The van der Waals surface area contributed by atoms with Gasteiger partial charge < -0.3 is 9.80 Å². The Kier molecular flexibility index (Phi) is 2.68. The van der Waals surface area contributed by atoms with Gasteiger partial charge in [-0.2, -0.15) is 0 Å². The molecule has 2 aromatic rings. The van der Waals surface area contributed by atoms with Crippen LogP contribution in [0.15, 0.2) is 18.3 Å². The highest BCUT2D eigenvalue weighted by Gasteiger charge is 2.43. The quantitative estimate of drug-likeness (QED) is 0.851. The van der Waals surface area contributed by atoms with Gasteiger partial charge in [0.15, 0.2) is 17.3 Å². The van der Waals surface area contributed by atoms with Gasteiger partial charge in [-0.15, -0.1) is 0 Å². The Hall–Kier alpha value is -1.91. The summed E-state index contributed by atoms with van der Waals surface area (Å²) in [5.41, 5.74) is 1.73. The van der Waals surface area contributed by atoms with Gasteiger partial charge in [-0.3, -0.25) is 0 Å². The van der Waals surface area contributed by atoms with Crippen LogP contribution in [-0.4, -0.2) is 40.1 Å². The van der Waals surface area contributed by atoms with Crippen molar-refractivity contribution in [2.24, 2.45) is 11.8 Å². The van der Waals surface area contributed by atoms with Gasteiger partial charge in [0.05, 0.1) is 0 Å². The summed E-state index contributed by atoms with van der Waals surface area (Å²) in [4.78, 5) is 19.7. The number of hydrogen-bond donors (Lipinski definition) is 0. The molecular formula is C19H23N5. The minimum Gasteiger partial charge on any atom is -0.350 e. The maximum Gasteiger partial charge on any atom is 0.180 e. The van der Waals surface area contributed by atoms with E-state index < -0.39 is 0 Å². The molecule has 0 aromatic carbocycles. The highest BCUT2D eigenvalue weighted by atomic mass is 15.3.